The second-order valence-corrected chi connectivity index (χ2v) is 3.96. The molecule has 0 spiro atoms. The van der Waals surface area contributed by atoms with Gasteiger partial charge in [-0.15, -0.1) is 0 Å². The maximum Gasteiger partial charge on any atom is 0.345 e. The molecule has 0 fully saturated rings. The van der Waals surface area contributed by atoms with Gasteiger partial charge in [-0.3, -0.25) is 0 Å². The van der Waals surface area contributed by atoms with Gasteiger partial charge >= 0.3 is 5.69 Å². The summed E-state index contributed by atoms with van der Waals surface area (Å²) in [5.74, 6) is 0. The summed E-state index contributed by atoms with van der Waals surface area (Å²) in [6, 6.07) is 9.83. The molecule has 0 aliphatic rings. The van der Waals surface area contributed by atoms with Crippen LogP contribution in [0, 0.1) is 6.92 Å². The molecule has 3 rings (SSSR count). The summed E-state index contributed by atoms with van der Waals surface area (Å²) in [4.78, 5) is 21.0. The van der Waals surface area contributed by atoms with Gasteiger partial charge in [0, 0.05) is 28.4 Å². The van der Waals surface area contributed by atoms with Crippen LogP contribution in [0.5, 0.6) is 0 Å². The van der Waals surface area contributed by atoms with Crippen LogP contribution in [-0.2, 0) is 0 Å². The molecule has 17 heavy (non-hydrogen) atoms. The van der Waals surface area contributed by atoms with Crippen molar-refractivity contribution in [1.82, 2.24) is 15.0 Å². The minimum atomic E-state index is -0.327. The number of para-hydroxylation sites is 1. The van der Waals surface area contributed by atoms with Crippen molar-refractivity contribution >= 4 is 10.9 Å². The Morgan fingerprint density at radius 3 is 2.76 bits per heavy atom. The van der Waals surface area contributed by atoms with Gasteiger partial charge < -0.3 is 9.97 Å². The molecule has 0 bridgehead atoms. The van der Waals surface area contributed by atoms with Gasteiger partial charge in [0.15, 0.2) is 0 Å². The molecule has 0 unspecified atom stereocenters. The Bertz CT molecular complexity index is 740. The highest BCUT2D eigenvalue weighted by atomic mass is 16.1. The topological polar surface area (TPSA) is 61.5 Å². The Kier molecular flexibility index (Phi) is 2.08. The molecule has 84 valence electrons. The molecule has 3 aromatic rings. The number of hydrogen-bond acceptors (Lipinski definition) is 2. The van der Waals surface area contributed by atoms with Gasteiger partial charge in [0.05, 0.1) is 5.69 Å². The second-order valence-electron chi connectivity index (χ2n) is 3.96. The van der Waals surface area contributed by atoms with Gasteiger partial charge in [-0.1, -0.05) is 18.2 Å². The van der Waals surface area contributed by atoms with Crippen molar-refractivity contribution in [3.63, 3.8) is 0 Å². The van der Waals surface area contributed by atoms with Crippen molar-refractivity contribution in [2.24, 2.45) is 0 Å². The molecule has 0 aliphatic carbocycles. The molecule has 0 aliphatic heterocycles. The molecule has 0 amide bonds. The third kappa shape index (κ3) is 1.54. The van der Waals surface area contributed by atoms with Crippen molar-refractivity contribution in [3.8, 4) is 11.3 Å². The summed E-state index contributed by atoms with van der Waals surface area (Å²) >= 11 is 0. The lowest BCUT2D eigenvalue weighted by Gasteiger charge is -2.00. The Morgan fingerprint density at radius 2 is 1.94 bits per heavy atom. The van der Waals surface area contributed by atoms with Gasteiger partial charge in [-0.2, -0.15) is 0 Å². The fraction of sp³-hybridized carbons (Fsp3) is 0.0769. The average molecular weight is 225 g/mol. The molecule has 2 N–H and O–H groups in total. The first-order valence-electron chi connectivity index (χ1n) is 5.39. The summed E-state index contributed by atoms with van der Waals surface area (Å²) in [6.45, 7) is 1.99. The molecule has 4 heteroatoms. The number of nitrogens with zero attached hydrogens (tertiary/aromatic N) is 1. The fourth-order valence-corrected chi connectivity index (χ4v) is 2.14. The number of rotatable bonds is 1. The van der Waals surface area contributed by atoms with E-state index in [1.54, 1.807) is 0 Å². The fourth-order valence-electron chi connectivity index (χ4n) is 2.14. The quantitative estimate of drug-likeness (QED) is 0.667. The maximum absolute atomic E-state index is 11.3. The van der Waals surface area contributed by atoms with Crippen LogP contribution < -0.4 is 5.69 Å². The van der Waals surface area contributed by atoms with Gasteiger partial charge in [-0.05, 0) is 19.1 Å². The summed E-state index contributed by atoms with van der Waals surface area (Å²) in [5, 5.41) is 1.10. The highest BCUT2D eigenvalue weighted by Crippen LogP contribution is 2.29. The van der Waals surface area contributed by atoms with E-state index < -0.39 is 0 Å². The van der Waals surface area contributed by atoms with Crippen LogP contribution in [0.3, 0.4) is 0 Å². The SMILES string of the molecule is Cc1[nH]c2ccccc2c1-c1ccnc(=O)[nH]1. The zero-order valence-electron chi connectivity index (χ0n) is 9.32. The van der Waals surface area contributed by atoms with E-state index in [1.807, 2.05) is 37.3 Å². The number of H-pyrrole nitrogens is 2. The van der Waals surface area contributed by atoms with Gasteiger partial charge in [-0.25, -0.2) is 9.78 Å². The van der Waals surface area contributed by atoms with Gasteiger partial charge in [0.2, 0.25) is 0 Å². The van der Waals surface area contributed by atoms with E-state index in [-0.39, 0.29) is 5.69 Å². The van der Waals surface area contributed by atoms with Crippen LogP contribution in [0.2, 0.25) is 0 Å². The lowest BCUT2D eigenvalue weighted by atomic mass is 10.1. The van der Waals surface area contributed by atoms with E-state index in [1.165, 1.54) is 6.20 Å². The lowest BCUT2D eigenvalue weighted by Crippen LogP contribution is -2.09. The zero-order chi connectivity index (χ0) is 11.8. The number of aryl methyl sites for hydroxylation is 1. The van der Waals surface area contributed by atoms with Crippen LogP contribution in [0.25, 0.3) is 22.2 Å². The standard InChI is InChI=1S/C13H11N3O/c1-8-12(11-6-7-14-13(17)16-11)9-4-2-3-5-10(9)15-8/h2-7,15H,1H3,(H,14,16,17). The van der Waals surface area contributed by atoms with Crippen molar-refractivity contribution in [1.29, 1.82) is 0 Å². The van der Waals surface area contributed by atoms with E-state index in [0.717, 1.165) is 27.9 Å². The smallest absolute Gasteiger partial charge is 0.345 e. The van der Waals surface area contributed by atoms with Crippen molar-refractivity contribution in [3.05, 3.63) is 52.7 Å². The second kappa shape index (κ2) is 3.59. The van der Waals surface area contributed by atoms with Crippen LogP contribution in [0.1, 0.15) is 5.69 Å². The number of hydrogen-bond donors (Lipinski definition) is 2. The van der Waals surface area contributed by atoms with Crippen molar-refractivity contribution in [2.75, 3.05) is 0 Å². The Morgan fingerprint density at radius 1 is 1.12 bits per heavy atom. The average Bonchev–Trinajstić information content (AvgIpc) is 2.64. The van der Waals surface area contributed by atoms with Crippen molar-refractivity contribution < 1.29 is 0 Å². The minimum absolute atomic E-state index is 0.327. The summed E-state index contributed by atoms with van der Waals surface area (Å²) in [5.41, 5.74) is 3.60. The molecule has 0 radical (unpaired) electrons. The molecule has 2 aromatic heterocycles. The van der Waals surface area contributed by atoms with Crippen LogP contribution in [-0.4, -0.2) is 15.0 Å². The van der Waals surface area contributed by atoms with E-state index in [2.05, 4.69) is 15.0 Å². The zero-order valence-corrected chi connectivity index (χ0v) is 9.32. The van der Waals surface area contributed by atoms with Crippen LogP contribution in [0.4, 0.5) is 0 Å². The molecule has 0 saturated heterocycles. The molecule has 0 atom stereocenters. The number of aromatic amines is 2. The monoisotopic (exact) mass is 225 g/mol. The molecule has 1 aromatic carbocycles. The van der Waals surface area contributed by atoms with Crippen LogP contribution >= 0.6 is 0 Å². The third-order valence-corrected chi connectivity index (χ3v) is 2.84. The Labute approximate surface area is 97.3 Å². The van der Waals surface area contributed by atoms with E-state index >= 15 is 0 Å². The predicted octanol–water partition coefficient (Wildman–Crippen LogP) is 2.23. The Balaban J connectivity index is 2.37. The number of fused-ring (bicyclic) bond motifs is 1. The summed E-state index contributed by atoms with van der Waals surface area (Å²) in [6.07, 6.45) is 1.52. The first kappa shape index (κ1) is 9.84. The molecule has 2 heterocycles. The summed E-state index contributed by atoms with van der Waals surface area (Å²) < 4.78 is 0. The highest BCUT2D eigenvalue weighted by Gasteiger charge is 2.10. The van der Waals surface area contributed by atoms with E-state index in [4.69, 9.17) is 0 Å². The third-order valence-electron chi connectivity index (χ3n) is 2.84. The van der Waals surface area contributed by atoms with E-state index in [0.29, 0.717) is 0 Å². The predicted molar refractivity (Wildman–Crippen MR) is 66.9 cm³/mol. The maximum atomic E-state index is 11.3. The van der Waals surface area contributed by atoms with Gasteiger partial charge in [0.25, 0.3) is 0 Å². The van der Waals surface area contributed by atoms with Crippen LogP contribution in [0.15, 0.2) is 41.3 Å². The number of aromatic nitrogens is 3. The Hall–Kier alpha value is -2.36. The van der Waals surface area contributed by atoms with Gasteiger partial charge in [0.1, 0.15) is 0 Å². The normalized spacial score (nSPS) is 10.9. The largest absolute Gasteiger partial charge is 0.358 e. The molecular formula is C13H11N3O. The molecular weight excluding hydrogens is 214 g/mol. The molecule has 4 nitrogen and oxygen atoms in total. The molecule has 0 saturated carbocycles. The first-order chi connectivity index (χ1) is 8.25. The van der Waals surface area contributed by atoms with E-state index in [9.17, 15) is 4.79 Å². The summed E-state index contributed by atoms with van der Waals surface area (Å²) in [7, 11) is 0. The highest BCUT2D eigenvalue weighted by molar-refractivity contribution is 5.96. The first-order valence-corrected chi connectivity index (χ1v) is 5.39. The lowest BCUT2D eigenvalue weighted by molar-refractivity contribution is 1.08. The number of nitrogens with one attached hydrogen (secondary N) is 2. The van der Waals surface area contributed by atoms with Crippen molar-refractivity contribution in [2.45, 2.75) is 6.92 Å². The number of benzene rings is 1. The minimum Gasteiger partial charge on any atom is -0.358 e.